The van der Waals surface area contributed by atoms with Crippen LogP contribution in [0.15, 0.2) is 72.8 Å². The molecule has 2 N–H and O–H groups in total. The number of nitrogens with one attached hydrogen (secondary N) is 2. The molecule has 8 heteroatoms. The molecule has 0 saturated carbocycles. The van der Waals surface area contributed by atoms with Crippen molar-refractivity contribution >= 4 is 56.2 Å². The van der Waals surface area contributed by atoms with Crippen molar-refractivity contribution in [3.05, 3.63) is 105 Å². The Balaban J connectivity index is 1.41. The van der Waals surface area contributed by atoms with Gasteiger partial charge in [0.15, 0.2) is 0 Å². The lowest BCUT2D eigenvalue weighted by Gasteiger charge is -2.12. The van der Waals surface area contributed by atoms with Crippen LogP contribution in [0, 0.1) is 20.8 Å². The number of fused-ring (bicyclic) bond motifs is 1. The second kappa shape index (κ2) is 9.60. The first-order valence-electron chi connectivity index (χ1n) is 11.4. The first-order valence-corrected chi connectivity index (χ1v) is 12.5. The van der Waals surface area contributed by atoms with Crippen molar-refractivity contribution in [2.45, 2.75) is 20.8 Å². The second-order valence-corrected chi connectivity index (χ2v) is 9.92. The Kier molecular flexibility index (Phi) is 6.35. The summed E-state index contributed by atoms with van der Waals surface area (Å²) < 4.78 is 2.74. The molecule has 0 radical (unpaired) electrons. The maximum Gasteiger partial charge on any atom is 0.267 e. The summed E-state index contributed by atoms with van der Waals surface area (Å²) in [6, 6.07) is 22.5. The van der Waals surface area contributed by atoms with Gasteiger partial charge in [-0.15, -0.1) is 11.3 Å². The number of nitrogens with zero attached hydrogens (tertiary/aromatic N) is 2. The first kappa shape index (κ1) is 23.8. The number of amides is 2. The molecular formula is C28H23ClN4O2S. The SMILES string of the molecule is Cc1ccc2c(Cl)c(C(=O)Nc3ccccc3C(=O)Nc3c(C)nn(-c4ccccc4)c3C)sc2c1. The van der Waals surface area contributed by atoms with Crippen molar-refractivity contribution in [3.63, 3.8) is 0 Å². The van der Waals surface area contributed by atoms with Crippen LogP contribution in [0.25, 0.3) is 15.8 Å². The summed E-state index contributed by atoms with van der Waals surface area (Å²) in [6.45, 7) is 5.75. The number of aromatic nitrogens is 2. The van der Waals surface area contributed by atoms with Gasteiger partial charge < -0.3 is 10.6 Å². The van der Waals surface area contributed by atoms with Crippen molar-refractivity contribution in [2.24, 2.45) is 0 Å². The van der Waals surface area contributed by atoms with E-state index in [0.717, 1.165) is 27.0 Å². The van der Waals surface area contributed by atoms with E-state index in [-0.39, 0.29) is 11.8 Å². The average Bonchev–Trinajstić information content (AvgIpc) is 3.35. The van der Waals surface area contributed by atoms with Crippen LogP contribution in [-0.2, 0) is 0 Å². The summed E-state index contributed by atoms with van der Waals surface area (Å²) >= 11 is 7.86. The number of thiophene rings is 1. The quantitative estimate of drug-likeness (QED) is 0.261. The summed E-state index contributed by atoms with van der Waals surface area (Å²) in [6.07, 6.45) is 0. The fourth-order valence-corrected chi connectivity index (χ4v) is 5.62. The fraction of sp³-hybridized carbons (Fsp3) is 0.107. The Morgan fingerprint density at radius 2 is 1.61 bits per heavy atom. The maximum absolute atomic E-state index is 13.3. The van der Waals surface area contributed by atoms with E-state index in [4.69, 9.17) is 11.6 Å². The number of anilines is 2. The van der Waals surface area contributed by atoms with Crippen LogP contribution >= 0.6 is 22.9 Å². The molecule has 0 saturated heterocycles. The van der Waals surface area contributed by atoms with Gasteiger partial charge in [-0.2, -0.15) is 5.10 Å². The average molecular weight is 515 g/mol. The number of para-hydroxylation sites is 2. The van der Waals surface area contributed by atoms with Crippen molar-refractivity contribution < 1.29 is 9.59 Å². The molecule has 3 aromatic carbocycles. The molecule has 0 fully saturated rings. The molecule has 0 aliphatic heterocycles. The van der Waals surface area contributed by atoms with Crippen LogP contribution in [0.5, 0.6) is 0 Å². The van der Waals surface area contributed by atoms with Gasteiger partial charge in [0.05, 0.1) is 39.0 Å². The molecule has 0 atom stereocenters. The topological polar surface area (TPSA) is 76.0 Å². The molecule has 0 aliphatic carbocycles. The Hall–Kier alpha value is -3.94. The first-order chi connectivity index (χ1) is 17.3. The zero-order valence-electron chi connectivity index (χ0n) is 19.9. The Bertz CT molecular complexity index is 1620. The molecule has 0 bridgehead atoms. The molecule has 2 aromatic heterocycles. The molecule has 5 aromatic rings. The van der Waals surface area contributed by atoms with Crippen LogP contribution in [0.1, 0.15) is 37.0 Å². The highest BCUT2D eigenvalue weighted by atomic mass is 35.5. The molecule has 0 spiro atoms. The van der Waals surface area contributed by atoms with Gasteiger partial charge in [-0.05, 0) is 56.7 Å². The van der Waals surface area contributed by atoms with Gasteiger partial charge in [0.25, 0.3) is 11.8 Å². The smallest absolute Gasteiger partial charge is 0.267 e. The van der Waals surface area contributed by atoms with E-state index < -0.39 is 0 Å². The Morgan fingerprint density at radius 3 is 2.39 bits per heavy atom. The number of benzene rings is 3. The van der Waals surface area contributed by atoms with Crippen molar-refractivity contribution in [1.29, 1.82) is 0 Å². The highest BCUT2D eigenvalue weighted by Crippen LogP contribution is 2.36. The highest BCUT2D eigenvalue weighted by molar-refractivity contribution is 7.21. The van der Waals surface area contributed by atoms with E-state index in [0.29, 0.717) is 32.5 Å². The van der Waals surface area contributed by atoms with Crippen LogP contribution in [0.4, 0.5) is 11.4 Å². The molecule has 6 nitrogen and oxygen atoms in total. The van der Waals surface area contributed by atoms with E-state index >= 15 is 0 Å². The third-order valence-electron chi connectivity index (χ3n) is 5.94. The van der Waals surface area contributed by atoms with Crippen molar-refractivity contribution in [2.75, 3.05) is 10.6 Å². The van der Waals surface area contributed by atoms with Crippen LogP contribution in [0.3, 0.4) is 0 Å². The predicted molar refractivity (Wildman–Crippen MR) is 147 cm³/mol. The van der Waals surface area contributed by atoms with Gasteiger partial charge in [-0.25, -0.2) is 4.68 Å². The minimum atomic E-state index is -0.358. The lowest BCUT2D eigenvalue weighted by Crippen LogP contribution is -2.18. The number of halogens is 1. The summed E-state index contributed by atoms with van der Waals surface area (Å²) in [5, 5.41) is 11.7. The van der Waals surface area contributed by atoms with E-state index in [1.807, 2.05) is 69.3 Å². The van der Waals surface area contributed by atoms with Crippen molar-refractivity contribution in [1.82, 2.24) is 9.78 Å². The molecular weight excluding hydrogens is 492 g/mol. The largest absolute Gasteiger partial charge is 0.320 e. The lowest BCUT2D eigenvalue weighted by molar-refractivity contribution is 0.102. The Labute approximate surface area is 217 Å². The van der Waals surface area contributed by atoms with E-state index in [2.05, 4.69) is 15.7 Å². The van der Waals surface area contributed by atoms with E-state index in [9.17, 15) is 9.59 Å². The number of hydrogen-bond acceptors (Lipinski definition) is 4. The van der Waals surface area contributed by atoms with Crippen molar-refractivity contribution in [3.8, 4) is 5.69 Å². The molecule has 180 valence electrons. The van der Waals surface area contributed by atoms with Gasteiger partial charge in [-0.1, -0.05) is 54.1 Å². The molecule has 2 amide bonds. The number of aryl methyl sites for hydroxylation is 2. The number of hydrogen-bond donors (Lipinski definition) is 2. The molecule has 0 unspecified atom stereocenters. The summed E-state index contributed by atoms with van der Waals surface area (Å²) in [7, 11) is 0. The summed E-state index contributed by atoms with van der Waals surface area (Å²) in [5.41, 5.74) is 4.87. The highest BCUT2D eigenvalue weighted by Gasteiger charge is 2.21. The summed E-state index contributed by atoms with van der Waals surface area (Å²) in [5.74, 6) is -0.703. The second-order valence-electron chi connectivity index (χ2n) is 8.49. The van der Waals surface area contributed by atoms with Gasteiger partial charge in [0.2, 0.25) is 0 Å². The minimum absolute atomic E-state index is 0.338. The third kappa shape index (κ3) is 4.39. The van der Waals surface area contributed by atoms with Gasteiger partial charge in [-0.3, -0.25) is 9.59 Å². The fourth-order valence-electron chi connectivity index (χ4n) is 4.11. The van der Waals surface area contributed by atoms with Crippen LogP contribution in [0.2, 0.25) is 5.02 Å². The zero-order valence-corrected chi connectivity index (χ0v) is 21.5. The van der Waals surface area contributed by atoms with Crippen LogP contribution in [-0.4, -0.2) is 21.6 Å². The maximum atomic E-state index is 13.3. The van der Waals surface area contributed by atoms with Gasteiger partial charge >= 0.3 is 0 Å². The summed E-state index contributed by atoms with van der Waals surface area (Å²) in [4.78, 5) is 26.9. The minimum Gasteiger partial charge on any atom is -0.320 e. The third-order valence-corrected chi connectivity index (χ3v) is 7.60. The number of carbonyl (C=O) groups excluding carboxylic acids is 2. The zero-order chi connectivity index (χ0) is 25.4. The van der Waals surface area contributed by atoms with E-state index in [1.165, 1.54) is 11.3 Å². The Morgan fingerprint density at radius 1 is 0.889 bits per heavy atom. The lowest BCUT2D eigenvalue weighted by atomic mass is 10.1. The van der Waals surface area contributed by atoms with Gasteiger partial charge in [0.1, 0.15) is 4.88 Å². The number of carbonyl (C=O) groups is 2. The molecule has 0 aliphatic rings. The number of rotatable bonds is 5. The van der Waals surface area contributed by atoms with Crippen LogP contribution < -0.4 is 10.6 Å². The van der Waals surface area contributed by atoms with Gasteiger partial charge in [0, 0.05) is 10.1 Å². The molecule has 36 heavy (non-hydrogen) atoms. The van der Waals surface area contributed by atoms with E-state index in [1.54, 1.807) is 28.9 Å². The normalized spacial score (nSPS) is 11.0. The molecule has 2 heterocycles. The molecule has 5 rings (SSSR count). The predicted octanol–water partition coefficient (Wildman–Crippen LogP) is 7.17. The standard InChI is InChI=1S/C28H23ClN4O2S/c1-16-13-14-21-23(15-16)36-26(24(21)29)28(35)30-22-12-8-7-11-20(22)27(34)31-25-17(2)32-33(18(25)3)19-9-5-4-6-10-19/h4-15H,1-3H3,(H,30,35)(H,31,34). The monoisotopic (exact) mass is 514 g/mol.